The molecule has 1 heterocycles. The highest BCUT2D eigenvalue weighted by atomic mass is 16.2. The van der Waals surface area contributed by atoms with Gasteiger partial charge in [0.05, 0.1) is 0 Å². The van der Waals surface area contributed by atoms with E-state index in [2.05, 4.69) is 19.2 Å². The molecule has 0 radical (unpaired) electrons. The Morgan fingerprint density at radius 3 is 2.58 bits per heavy atom. The maximum absolute atomic E-state index is 11.1. The Morgan fingerprint density at radius 2 is 1.83 bits per heavy atom. The number of carbonyl (C=O) groups excluding carboxylic acids is 1. The lowest BCUT2D eigenvalue weighted by atomic mass is 9.82. The van der Waals surface area contributed by atoms with Crippen LogP contribution in [0.3, 0.4) is 0 Å². The Morgan fingerprint density at radius 1 is 1.17 bits per heavy atom. The minimum atomic E-state index is 0.243. The van der Waals surface area contributed by atoms with Crippen LogP contribution >= 0.6 is 0 Å². The summed E-state index contributed by atoms with van der Waals surface area (Å²) in [4.78, 5) is 11.1. The molecule has 0 aromatic heterocycles. The van der Waals surface area contributed by atoms with Crippen LogP contribution in [0.25, 0.3) is 0 Å². The monoisotopic (exact) mass is 165 g/mol. The molecular formula is C10H15NO. The Labute approximate surface area is 73.0 Å². The second kappa shape index (κ2) is 2.61. The van der Waals surface area contributed by atoms with Gasteiger partial charge in [-0.15, -0.1) is 0 Å². The van der Waals surface area contributed by atoms with E-state index in [9.17, 15) is 4.79 Å². The van der Waals surface area contributed by atoms with Gasteiger partial charge in [0.15, 0.2) is 0 Å². The van der Waals surface area contributed by atoms with Crippen molar-refractivity contribution in [1.29, 1.82) is 0 Å². The number of nitrogens with one attached hydrogen (secondary N) is 1. The van der Waals surface area contributed by atoms with Crippen LogP contribution in [0.4, 0.5) is 0 Å². The van der Waals surface area contributed by atoms with Gasteiger partial charge in [0, 0.05) is 12.5 Å². The number of hydrogen-bond donors (Lipinski definition) is 1. The van der Waals surface area contributed by atoms with Crippen molar-refractivity contribution in [3.05, 3.63) is 11.1 Å². The van der Waals surface area contributed by atoms with E-state index in [1.807, 2.05) is 0 Å². The van der Waals surface area contributed by atoms with Crippen molar-refractivity contribution in [1.82, 2.24) is 5.32 Å². The molecular weight excluding hydrogens is 150 g/mol. The third kappa shape index (κ3) is 1.15. The van der Waals surface area contributed by atoms with Gasteiger partial charge in [-0.1, -0.05) is 11.1 Å². The van der Waals surface area contributed by atoms with Gasteiger partial charge < -0.3 is 5.32 Å². The minimum absolute atomic E-state index is 0.243. The van der Waals surface area contributed by atoms with E-state index >= 15 is 0 Å². The lowest BCUT2D eigenvalue weighted by Crippen LogP contribution is -2.31. The molecule has 0 spiro atoms. The molecule has 0 saturated carbocycles. The third-order valence-electron chi connectivity index (χ3n) is 3.19. The third-order valence-corrected chi connectivity index (χ3v) is 3.19. The van der Waals surface area contributed by atoms with Crippen molar-refractivity contribution in [2.75, 3.05) is 0 Å². The molecule has 1 amide bonds. The second-order valence-electron chi connectivity index (χ2n) is 4.11. The quantitative estimate of drug-likeness (QED) is 0.543. The topological polar surface area (TPSA) is 29.1 Å². The van der Waals surface area contributed by atoms with Crippen molar-refractivity contribution in [3.63, 3.8) is 0 Å². The summed E-state index contributed by atoms with van der Waals surface area (Å²) in [6.45, 7) is 4.37. The molecule has 66 valence electrons. The minimum Gasteiger partial charge on any atom is -0.353 e. The van der Waals surface area contributed by atoms with Crippen LogP contribution in [0.2, 0.25) is 0 Å². The van der Waals surface area contributed by atoms with Gasteiger partial charge >= 0.3 is 0 Å². The molecule has 0 bridgehead atoms. The predicted molar refractivity (Wildman–Crippen MR) is 47.6 cm³/mol. The highest BCUT2D eigenvalue weighted by Crippen LogP contribution is 2.34. The number of rotatable bonds is 0. The van der Waals surface area contributed by atoms with Crippen LogP contribution in [0, 0.1) is 5.92 Å². The maximum atomic E-state index is 11.1. The Hall–Kier alpha value is -0.790. The van der Waals surface area contributed by atoms with E-state index in [0.29, 0.717) is 12.0 Å². The van der Waals surface area contributed by atoms with E-state index in [0.717, 1.165) is 19.3 Å². The van der Waals surface area contributed by atoms with Gasteiger partial charge in [-0.25, -0.2) is 0 Å². The molecule has 2 atom stereocenters. The van der Waals surface area contributed by atoms with Crippen LogP contribution in [-0.2, 0) is 4.79 Å². The largest absolute Gasteiger partial charge is 0.353 e. The van der Waals surface area contributed by atoms with Gasteiger partial charge in [0.2, 0.25) is 5.91 Å². The Kier molecular flexibility index (Phi) is 1.71. The van der Waals surface area contributed by atoms with Crippen molar-refractivity contribution < 1.29 is 4.79 Å². The van der Waals surface area contributed by atoms with Gasteiger partial charge in [-0.2, -0.15) is 0 Å². The Bertz CT molecular complexity index is 231. The summed E-state index contributed by atoms with van der Waals surface area (Å²) in [6, 6.07) is 0.446. The predicted octanol–water partition coefficient (Wildman–Crippen LogP) is 1.62. The molecule has 2 nitrogen and oxygen atoms in total. The average molecular weight is 165 g/mol. The van der Waals surface area contributed by atoms with Crippen LogP contribution in [0.15, 0.2) is 11.1 Å². The molecule has 0 aromatic carbocycles. The maximum Gasteiger partial charge on any atom is 0.220 e. The van der Waals surface area contributed by atoms with Crippen LogP contribution in [0.5, 0.6) is 0 Å². The van der Waals surface area contributed by atoms with Crippen molar-refractivity contribution in [3.8, 4) is 0 Å². The van der Waals surface area contributed by atoms with E-state index < -0.39 is 0 Å². The van der Waals surface area contributed by atoms with Gasteiger partial charge in [-0.05, 0) is 32.6 Å². The smallest absolute Gasteiger partial charge is 0.220 e. The zero-order valence-corrected chi connectivity index (χ0v) is 7.68. The standard InChI is InChI=1S/C10H15NO/c1-6-3-8-5-10(12)11-9(8)4-7(6)2/h8-9H,3-5H2,1-2H3,(H,11,12)/t8-,9-/m0/s1. The summed E-state index contributed by atoms with van der Waals surface area (Å²) in [5.74, 6) is 0.827. The fourth-order valence-corrected chi connectivity index (χ4v) is 2.27. The number of amides is 1. The first-order valence-corrected chi connectivity index (χ1v) is 4.61. The fraction of sp³-hybridized carbons (Fsp3) is 0.700. The summed E-state index contributed by atoms with van der Waals surface area (Å²) in [6.07, 6.45) is 2.94. The molecule has 1 N–H and O–H groups in total. The van der Waals surface area contributed by atoms with E-state index in [-0.39, 0.29) is 5.91 Å². The SMILES string of the molecule is CC1=C(C)C[C@@H]2NC(=O)C[C@@H]2C1. The van der Waals surface area contributed by atoms with Crippen LogP contribution in [0.1, 0.15) is 33.1 Å². The molecule has 2 heteroatoms. The molecule has 0 unspecified atom stereocenters. The molecule has 2 aliphatic rings. The number of allylic oxidation sites excluding steroid dienone is 1. The lowest BCUT2D eigenvalue weighted by Gasteiger charge is -2.26. The molecule has 12 heavy (non-hydrogen) atoms. The summed E-state index contributed by atoms with van der Waals surface area (Å²) in [5, 5.41) is 3.03. The summed E-state index contributed by atoms with van der Waals surface area (Å²) in [5.41, 5.74) is 2.96. The molecule has 2 rings (SSSR count). The van der Waals surface area contributed by atoms with Crippen LogP contribution in [-0.4, -0.2) is 11.9 Å². The average Bonchev–Trinajstić information content (AvgIpc) is 2.30. The highest BCUT2D eigenvalue weighted by Gasteiger charge is 2.35. The van der Waals surface area contributed by atoms with E-state index in [1.165, 1.54) is 11.1 Å². The number of carbonyl (C=O) groups is 1. The second-order valence-corrected chi connectivity index (χ2v) is 4.11. The highest BCUT2D eigenvalue weighted by molar-refractivity contribution is 5.79. The fourth-order valence-electron chi connectivity index (χ4n) is 2.27. The van der Waals surface area contributed by atoms with Gasteiger partial charge in [0.25, 0.3) is 0 Å². The molecule has 1 aliphatic heterocycles. The molecule has 1 aliphatic carbocycles. The first-order chi connectivity index (χ1) is 5.66. The number of fused-ring (bicyclic) bond motifs is 1. The summed E-state index contributed by atoms with van der Waals surface area (Å²) >= 11 is 0. The van der Waals surface area contributed by atoms with Crippen molar-refractivity contribution in [2.45, 2.75) is 39.2 Å². The van der Waals surface area contributed by atoms with E-state index in [4.69, 9.17) is 0 Å². The first-order valence-electron chi connectivity index (χ1n) is 4.61. The summed E-state index contributed by atoms with van der Waals surface area (Å²) < 4.78 is 0. The zero-order valence-electron chi connectivity index (χ0n) is 7.68. The lowest BCUT2D eigenvalue weighted by molar-refractivity contribution is -0.119. The Balaban J connectivity index is 2.17. The molecule has 0 aromatic rings. The molecule has 1 saturated heterocycles. The molecule has 1 fully saturated rings. The normalized spacial score (nSPS) is 35.0. The number of hydrogen-bond acceptors (Lipinski definition) is 1. The first kappa shape index (κ1) is 7.84. The van der Waals surface area contributed by atoms with Gasteiger partial charge in [-0.3, -0.25) is 4.79 Å². The van der Waals surface area contributed by atoms with Crippen molar-refractivity contribution in [2.24, 2.45) is 5.92 Å². The van der Waals surface area contributed by atoms with E-state index in [1.54, 1.807) is 0 Å². The van der Waals surface area contributed by atoms with Crippen LogP contribution < -0.4 is 5.32 Å². The summed E-state index contributed by atoms with van der Waals surface area (Å²) in [7, 11) is 0. The zero-order chi connectivity index (χ0) is 8.72. The van der Waals surface area contributed by atoms with Crippen molar-refractivity contribution >= 4 is 5.91 Å². The van der Waals surface area contributed by atoms with Gasteiger partial charge in [0.1, 0.15) is 0 Å².